The van der Waals surface area contributed by atoms with Gasteiger partial charge in [-0.15, -0.1) is 0 Å². The van der Waals surface area contributed by atoms with Crippen molar-refractivity contribution < 1.29 is 65.8 Å². The van der Waals surface area contributed by atoms with Crippen molar-refractivity contribution in [3.05, 3.63) is 0 Å². The molecule has 16 heteroatoms. The maximum absolute atomic E-state index is 13.0. The summed E-state index contributed by atoms with van der Waals surface area (Å²) in [5.74, 6) is -39.2. The van der Waals surface area contributed by atoms with Gasteiger partial charge in [0.2, 0.25) is 0 Å². The predicted molar refractivity (Wildman–Crippen MR) is 51.0 cm³/mol. The molecule has 0 saturated heterocycles. The van der Waals surface area contributed by atoms with Gasteiger partial charge in [-0.2, -0.15) is 57.1 Å². The molecule has 0 amide bonds. The molecule has 1 N–H and O–H groups in total. The number of hydrogen-bond donors (Lipinski definition) is 1. The fraction of sp³-hybridized carbons (Fsp3) is 1.00. The van der Waals surface area contributed by atoms with Crippen molar-refractivity contribution in [1.29, 1.82) is 0 Å². The summed E-state index contributed by atoms with van der Waals surface area (Å²) in [5.41, 5.74) is 0. The molecule has 0 heterocycles. The topological polar surface area (TPSA) is 37.3 Å². The fourth-order valence-electron chi connectivity index (χ4n) is 1.17. The van der Waals surface area contributed by atoms with Crippen LogP contribution >= 0.6 is 0 Å². The van der Waals surface area contributed by atoms with E-state index in [1.54, 1.807) is 0 Å². The molecule has 0 aliphatic heterocycles. The highest BCUT2D eigenvalue weighted by Crippen LogP contribution is 2.60. The second kappa shape index (κ2) is 6.17. The van der Waals surface area contributed by atoms with Gasteiger partial charge >= 0.3 is 35.8 Å². The van der Waals surface area contributed by atoms with Crippen LogP contribution in [-0.2, 0) is 11.1 Å². The minimum atomic E-state index is -7.95. The van der Waals surface area contributed by atoms with Gasteiger partial charge in [0.15, 0.2) is 11.1 Å². The van der Waals surface area contributed by atoms with Gasteiger partial charge in [0.05, 0.1) is 5.75 Å². The zero-order chi connectivity index (χ0) is 20.0. The second-order valence-electron chi connectivity index (χ2n) is 4.28. The maximum atomic E-state index is 13.0. The van der Waals surface area contributed by atoms with Gasteiger partial charge in [0.25, 0.3) is 0 Å². The summed E-state index contributed by atoms with van der Waals surface area (Å²) < 4.78 is 181. The lowest BCUT2D eigenvalue weighted by Gasteiger charge is -2.39. The summed E-state index contributed by atoms with van der Waals surface area (Å²) >= 11 is -3.30. The first-order valence-corrected chi connectivity index (χ1v) is 6.47. The molecule has 146 valence electrons. The van der Waals surface area contributed by atoms with Crippen molar-refractivity contribution in [2.24, 2.45) is 0 Å². The molecule has 0 fully saturated rings. The molecule has 0 rings (SSSR count). The Kier molecular flexibility index (Phi) is 5.97. The first-order valence-electron chi connectivity index (χ1n) is 5.20. The van der Waals surface area contributed by atoms with Crippen LogP contribution in [0.15, 0.2) is 0 Å². The molecule has 0 aromatic heterocycles. The van der Waals surface area contributed by atoms with Crippen LogP contribution < -0.4 is 0 Å². The van der Waals surface area contributed by atoms with Crippen LogP contribution in [0.1, 0.15) is 6.42 Å². The van der Waals surface area contributed by atoms with Gasteiger partial charge in [-0.25, -0.2) is 4.21 Å². The van der Waals surface area contributed by atoms with Gasteiger partial charge in [-0.3, -0.25) is 0 Å². The Labute approximate surface area is 126 Å². The van der Waals surface area contributed by atoms with Crippen molar-refractivity contribution in [3.63, 3.8) is 0 Å². The normalized spacial score (nSPS) is 17.1. The Morgan fingerprint density at radius 3 is 1.25 bits per heavy atom. The van der Waals surface area contributed by atoms with E-state index in [0.717, 1.165) is 0 Å². The van der Waals surface area contributed by atoms with Crippen molar-refractivity contribution in [3.8, 4) is 0 Å². The first kappa shape index (κ1) is 23.2. The molecule has 0 spiro atoms. The summed E-state index contributed by atoms with van der Waals surface area (Å²) in [6.07, 6.45) is -10.1. The minimum absolute atomic E-state index is 1.88. The van der Waals surface area contributed by atoms with E-state index in [2.05, 4.69) is 0 Å². The summed E-state index contributed by atoms with van der Waals surface area (Å²) in [6, 6.07) is 0. The highest BCUT2D eigenvalue weighted by Gasteiger charge is 2.90. The largest absolute Gasteiger partial charge is 0.460 e. The van der Waals surface area contributed by atoms with Gasteiger partial charge in [0.1, 0.15) is 0 Å². The fourth-order valence-corrected chi connectivity index (χ4v) is 1.61. The van der Waals surface area contributed by atoms with E-state index >= 15 is 0 Å². The molecule has 2 nitrogen and oxygen atoms in total. The van der Waals surface area contributed by atoms with Crippen LogP contribution in [0, 0.1) is 0 Å². The van der Waals surface area contributed by atoms with Crippen LogP contribution in [0.3, 0.4) is 0 Å². The lowest BCUT2D eigenvalue weighted by atomic mass is 9.93. The molecule has 1 unspecified atom stereocenters. The molecule has 0 aromatic carbocycles. The van der Waals surface area contributed by atoms with Gasteiger partial charge < -0.3 is 4.55 Å². The number of alkyl halides is 13. The molecule has 0 aromatic rings. The minimum Gasteiger partial charge on any atom is -0.306 e. The van der Waals surface area contributed by atoms with E-state index in [1.165, 1.54) is 0 Å². The Bertz CT molecular complexity index is 483. The third-order valence-electron chi connectivity index (χ3n) is 2.59. The average Bonchev–Trinajstić information content (AvgIpc) is 2.34. The van der Waals surface area contributed by atoms with Crippen LogP contribution in [0.25, 0.3) is 0 Å². The smallest absolute Gasteiger partial charge is 0.306 e. The van der Waals surface area contributed by atoms with Crippen molar-refractivity contribution in [2.75, 3.05) is 5.75 Å². The van der Waals surface area contributed by atoms with Crippen LogP contribution in [0.4, 0.5) is 57.1 Å². The van der Waals surface area contributed by atoms with Gasteiger partial charge in [-0.05, 0) is 0 Å². The zero-order valence-corrected chi connectivity index (χ0v) is 11.4. The van der Waals surface area contributed by atoms with E-state index < -0.39 is 59.0 Å². The molecule has 0 saturated carbocycles. The van der Waals surface area contributed by atoms with Crippen molar-refractivity contribution in [1.82, 2.24) is 0 Å². The van der Waals surface area contributed by atoms with E-state index in [-0.39, 0.29) is 0 Å². The van der Waals surface area contributed by atoms with Gasteiger partial charge in [0, 0.05) is 6.42 Å². The average molecular weight is 412 g/mol. The van der Waals surface area contributed by atoms with E-state index in [1.807, 2.05) is 0 Å². The highest BCUT2D eigenvalue weighted by molar-refractivity contribution is 7.79. The summed E-state index contributed by atoms with van der Waals surface area (Å²) in [5, 5.41) is 0. The van der Waals surface area contributed by atoms with Crippen LogP contribution in [-0.4, -0.2) is 50.3 Å². The van der Waals surface area contributed by atoms with Crippen molar-refractivity contribution in [2.45, 2.75) is 42.2 Å². The SMILES string of the molecule is O=S(O)CCC(F)(F)C(F)(F)C(F)(F)C(F)(F)C(F)(F)C(F)(F)F. The number of halogens is 13. The number of rotatable bonds is 7. The predicted octanol–water partition coefficient (Wildman–Crippen LogP) is 4.34. The molecule has 0 aliphatic carbocycles. The van der Waals surface area contributed by atoms with Crippen LogP contribution in [0.2, 0.25) is 0 Å². The molecular weight excluding hydrogens is 407 g/mol. The Balaban J connectivity index is 6.05. The van der Waals surface area contributed by atoms with Gasteiger partial charge in [-0.1, -0.05) is 0 Å². The lowest BCUT2D eigenvalue weighted by Crippen LogP contribution is -2.70. The van der Waals surface area contributed by atoms with Crippen molar-refractivity contribution >= 4 is 11.1 Å². The molecule has 0 aliphatic rings. The maximum Gasteiger partial charge on any atom is 0.460 e. The summed E-state index contributed by atoms with van der Waals surface area (Å²) in [4.78, 5) is 0. The third-order valence-corrected chi connectivity index (χ3v) is 3.14. The highest BCUT2D eigenvalue weighted by atomic mass is 32.2. The van der Waals surface area contributed by atoms with E-state index in [4.69, 9.17) is 4.55 Å². The molecule has 0 bridgehead atoms. The monoisotopic (exact) mass is 412 g/mol. The molecule has 24 heavy (non-hydrogen) atoms. The first-order chi connectivity index (χ1) is 10.2. The molecule has 0 radical (unpaired) electrons. The molecular formula is C8H5F13O2S. The Morgan fingerprint density at radius 1 is 0.625 bits per heavy atom. The number of hydrogen-bond acceptors (Lipinski definition) is 1. The Morgan fingerprint density at radius 2 is 0.958 bits per heavy atom. The van der Waals surface area contributed by atoms with Crippen LogP contribution in [0.5, 0.6) is 0 Å². The zero-order valence-electron chi connectivity index (χ0n) is 10.6. The Hall–Kier alpha value is -0.800. The second-order valence-corrected chi connectivity index (χ2v) is 5.33. The van der Waals surface area contributed by atoms with E-state index in [9.17, 15) is 61.3 Å². The van der Waals surface area contributed by atoms with E-state index in [0.29, 0.717) is 0 Å². The summed E-state index contributed by atoms with van der Waals surface area (Å²) in [7, 11) is 0. The summed E-state index contributed by atoms with van der Waals surface area (Å²) in [6.45, 7) is 0. The molecule has 1 atom stereocenters. The lowest BCUT2D eigenvalue weighted by molar-refractivity contribution is -0.439. The quantitative estimate of drug-likeness (QED) is 0.499. The standard InChI is InChI=1S/C8H5F13O2S/c9-3(10,1-2-24(22)23)4(11,12)5(13,14)6(15,16)7(17,18)8(19,20)21/h1-2H2,(H,22,23). The third kappa shape index (κ3) is 3.43.